The number of benzene rings is 1. The highest BCUT2D eigenvalue weighted by Crippen LogP contribution is 2.28. The summed E-state index contributed by atoms with van der Waals surface area (Å²) in [6.07, 6.45) is 0. The molecule has 1 fully saturated rings. The molecule has 0 spiro atoms. The lowest BCUT2D eigenvalue weighted by molar-refractivity contribution is -0.384. The van der Waals surface area contributed by atoms with Gasteiger partial charge in [0, 0.05) is 39.2 Å². The van der Waals surface area contributed by atoms with Crippen LogP contribution < -0.4 is 4.90 Å². The molecular formula is C14H21N3O3. The second-order valence-corrected chi connectivity index (χ2v) is 4.24. The SMILES string of the molecule is CC.CC(=O)N1CCN(c2ccccc2[N+](=O)[O-])CC1. The third kappa shape index (κ3) is 3.69. The molecule has 110 valence electrons. The van der Waals surface area contributed by atoms with E-state index in [1.165, 1.54) is 6.07 Å². The van der Waals surface area contributed by atoms with Crippen molar-refractivity contribution in [3.8, 4) is 0 Å². The molecule has 2 rings (SSSR count). The molecule has 0 unspecified atom stereocenters. The van der Waals surface area contributed by atoms with Gasteiger partial charge in [-0.25, -0.2) is 0 Å². The van der Waals surface area contributed by atoms with E-state index < -0.39 is 0 Å². The lowest BCUT2D eigenvalue weighted by atomic mass is 10.2. The van der Waals surface area contributed by atoms with E-state index in [0.29, 0.717) is 31.9 Å². The van der Waals surface area contributed by atoms with Crippen molar-refractivity contribution in [2.75, 3.05) is 31.1 Å². The molecule has 0 atom stereocenters. The van der Waals surface area contributed by atoms with Gasteiger partial charge in [0.15, 0.2) is 0 Å². The van der Waals surface area contributed by atoms with Crippen LogP contribution in [0.25, 0.3) is 0 Å². The Hall–Kier alpha value is -2.11. The van der Waals surface area contributed by atoms with Gasteiger partial charge >= 0.3 is 0 Å². The molecule has 0 bridgehead atoms. The van der Waals surface area contributed by atoms with Crippen LogP contribution in [0.4, 0.5) is 11.4 Å². The Bertz CT molecular complexity index is 468. The average molecular weight is 279 g/mol. The zero-order valence-corrected chi connectivity index (χ0v) is 12.2. The first-order chi connectivity index (χ1) is 9.59. The molecule has 0 saturated carbocycles. The lowest BCUT2D eigenvalue weighted by Gasteiger charge is -2.35. The lowest BCUT2D eigenvalue weighted by Crippen LogP contribution is -2.48. The van der Waals surface area contributed by atoms with Crippen LogP contribution in [-0.4, -0.2) is 41.9 Å². The van der Waals surface area contributed by atoms with Crippen molar-refractivity contribution in [1.82, 2.24) is 4.90 Å². The van der Waals surface area contributed by atoms with Crippen molar-refractivity contribution in [1.29, 1.82) is 0 Å². The van der Waals surface area contributed by atoms with Gasteiger partial charge in [-0.3, -0.25) is 14.9 Å². The minimum atomic E-state index is -0.368. The van der Waals surface area contributed by atoms with Gasteiger partial charge in [-0.05, 0) is 6.07 Å². The van der Waals surface area contributed by atoms with Gasteiger partial charge in [0.25, 0.3) is 5.69 Å². The summed E-state index contributed by atoms with van der Waals surface area (Å²) in [4.78, 5) is 25.5. The molecule has 1 heterocycles. The molecule has 0 N–H and O–H groups in total. The fourth-order valence-electron chi connectivity index (χ4n) is 2.15. The smallest absolute Gasteiger partial charge is 0.292 e. The highest BCUT2D eigenvalue weighted by Gasteiger charge is 2.23. The minimum Gasteiger partial charge on any atom is -0.362 e. The largest absolute Gasteiger partial charge is 0.362 e. The monoisotopic (exact) mass is 279 g/mol. The van der Waals surface area contributed by atoms with Gasteiger partial charge in [0.05, 0.1) is 4.92 Å². The van der Waals surface area contributed by atoms with Crippen LogP contribution in [-0.2, 0) is 4.79 Å². The number of nitrogens with zero attached hydrogens (tertiary/aromatic N) is 3. The van der Waals surface area contributed by atoms with E-state index in [4.69, 9.17) is 0 Å². The predicted octanol–water partition coefficient (Wildman–Crippen LogP) is 2.29. The van der Waals surface area contributed by atoms with Gasteiger partial charge in [-0.1, -0.05) is 26.0 Å². The number of rotatable bonds is 2. The highest BCUT2D eigenvalue weighted by atomic mass is 16.6. The van der Waals surface area contributed by atoms with E-state index in [-0.39, 0.29) is 16.5 Å². The summed E-state index contributed by atoms with van der Waals surface area (Å²) >= 11 is 0. The summed E-state index contributed by atoms with van der Waals surface area (Å²) in [5.74, 6) is 0.0530. The molecule has 6 heteroatoms. The summed E-state index contributed by atoms with van der Waals surface area (Å²) in [6.45, 7) is 8.03. The standard InChI is InChI=1S/C12H15N3O3.C2H6/c1-10(16)13-6-8-14(9-7-13)11-4-2-3-5-12(11)15(17)18;1-2/h2-5H,6-9H2,1H3;1-2H3. The van der Waals surface area contributed by atoms with Gasteiger partial charge < -0.3 is 9.80 Å². The number of hydrogen-bond donors (Lipinski definition) is 0. The molecule has 1 aliphatic rings. The van der Waals surface area contributed by atoms with Crippen LogP contribution in [0.3, 0.4) is 0 Å². The molecule has 1 aromatic rings. The van der Waals surface area contributed by atoms with E-state index in [9.17, 15) is 14.9 Å². The van der Waals surface area contributed by atoms with E-state index in [1.54, 1.807) is 30.0 Å². The van der Waals surface area contributed by atoms with Crippen molar-refractivity contribution >= 4 is 17.3 Å². The molecule has 6 nitrogen and oxygen atoms in total. The summed E-state index contributed by atoms with van der Waals surface area (Å²) < 4.78 is 0. The van der Waals surface area contributed by atoms with Crippen molar-refractivity contribution in [3.05, 3.63) is 34.4 Å². The number of carbonyl (C=O) groups is 1. The summed E-state index contributed by atoms with van der Waals surface area (Å²) in [5.41, 5.74) is 0.750. The predicted molar refractivity (Wildman–Crippen MR) is 78.9 cm³/mol. The number of para-hydroxylation sites is 2. The van der Waals surface area contributed by atoms with Crippen molar-refractivity contribution in [2.45, 2.75) is 20.8 Å². The third-order valence-electron chi connectivity index (χ3n) is 3.14. The maximum Gasteiger partial charge on any atom is 0.292 e. The number of carbonyl (C=O) groups excluding carboxylic acids is 1. The van der Waals surface area contributed by atoms with E-state index in [0.717, 1.165) is 0 Å². The van der Waals surface area contributed by atoms with Crippen LogP contribution >= 0.6 is 0 Å². The van der Waals surface area contributed by atoms with E-state index in [1.807, 2.05) is 18.7 Å². The van der Waals surface area contributed by atoms with Crippen LogP contribution in [0.2, 0.25) is 0 Å². The van der Waals surface area contributed by atoms with Crippen molar-refractivity contribution in [3.63, 3.8) is 0 Å². The maximum atomic E-state index is 11.2. The van der Waals surface area contributed by atoms with Crippen LogP contribution in [0, 0.1) is 10.1 Å². The minimum absolute atomic E-state index is 0.0530. The molecule has 1 saturated heterocycles. The Morgan fingerprint density at radius 3 is 2.20 bits per heavy atom. The molecule has 20 heavy (non-hydrogen) atoms. The first-order valence-electron chi connectivity index (χ1n) is 6.83. The average Bonchev–Trinajstić information content (AvgIpc) is 2.49. The van der Waals surface area contributed by atoms with E-state index in [2.05, 4.69) is 0 Å². The Kier molecular flexibility index (Phi) is 5.96. The summed E-state index contributed by atoms with van der Waals surface area (Å²) in [6, 6.07) is 6.71. The number of amides is 1. The Morgan fingerprint density at radius 2 is 1.70 bits per heavy atom. The van der Waals surface area contributed by atoms with Crippen LogP contribution in [0.15, 0.2) is 24.3 Å². The topological polar surface area (TPSA) is 66.7 Å². The molecule has 0 aliphatic carbocycles. The molecule has 1 amide bonds. The van der Waals surface area contributed by atoms with Gasteiger partial charge in [0.1, 0.15) is 5.69 Å². The number of anilines is 1. The summed E-state index contributed by atoms with van der Waals surface area (Å²) in [5, 5.41) is 11.0. The number of hydrogen-bond acceptors (Lipinski definition) is 4. The zero-order valence-electron chi connectivity index (χ0n) is 12.2. The maximum absolute atomic E-state index is 11.2. The molecule has 1 aliphatic heterocycles. The Balaban J connectivity index is 0.000000956. The fourth-order valence-corrected chi connectivity index (χ4v) is 2.15. The van der Waals surface area contributed by atoms with Crippen LogP contribution in [0.5, 0.6) is 0 Å². The van der Waals surface area contributed by atoms with Crippen molar-refractivity contribution in [2.24, 2.45) is 0 Å². The number of nitro groups is 1. The Labute approximate surface area is 119 Å². The second kappa shape index (κ2) is 7.47. The quantitative estimate of drug-likeness (QED) is 0.615. The highest BCUT2D eigenvalue weighted by molar-refractivity contribution is 5.74. The van der Waals surface area contributed by atoms with Gasteiger partial charge in [-0.15, -0.1) is 0 Å². The van der Waals surface area contributed by atoms with Gasteiger partial charge in [-0.2, -0.15) is 0 Å². The van der Waals surface area contributed by atoms with Crippen molar-refractivity contribution < 1.29 is 9.72 Å². The first kappa shape index (κ1) is 15.9. The normalized spacial score (nSPS) is 14.3. The van der Waals surface area contributed by atoms with E-state index >= 15 is 0 Å². The molecule has 0 radical (unpaired) electrons. The Morgan fingerprint density at radius 1 is 1.15 bits per heavy atom. The molecule has 1 aromatic carbocycles. The summed E-state index contributed by atoms with van der Waals surface area (Å²) in [7, 11) is 0. The fraction of sp³-hybridized carbons (Fsp3) is 0.500. The molecule has 0 aromatic heterocycles. The van der Waals surface area contributed by atoms with Gasteiger partial charge in [0.2, 0.25) is 5.91 Å². The molecular weight excluding hydrogens is 258 g/mol. The first-order valence-corrected chi connectivity index (χ1v) is 6.83. The van der Waals surface area contributed by atoms with Crippen LogP contribution in [0.1, 0.15) is 20.8 Å². The second-order valence-electron chi connectivity index (χ2n) is 4.24. The third-order valence-corrected chi connectivity index (χ3v) is 3.14. The zero-order chi connectivity index (χ0) is 15.1. The number of nitro benzene ring substituents is 1. The number of piperazine rings is 1.